The first-order valence-corrected chi connectivity index (χ1v) is 9.21. The standard InChI is InChI=1S/C20H30N2O3/c1-24-13-12-22-16-20(18(15-25-2)19(22)23)8-10-21(11-9-20)14-17-6-4-3-5-7-17/h3-7,18H,8-16H2,1-2H3. The molecular formula is C20H30N2O3. The van der Waals surface area contributed by atoms with E-state index in [1.807, 2.05) is 4.90 Å². The minimum absolute atomic E-state index is 0.00627. The highest BCUT2D eigenvalue weighted by Crippen LogP contribution is 2.45. The average molecular weight is 346 g/mol. The number of likely N-dealkylation sites (tertiary alicyclic amines) is 2. The molecule has 3 rings (SSSR count). The van der Waals surface area contributed by atoms with Crippen LogP contribution in [0.4, 0.5) is 0 Å². The molecule has 0 aromatic heterocycles. The minimum Gasteiger partial charge on any atom is -0.384 e. The number of amides is 1. The van der Waals surface area contributed by atoms with Crippen LogP contribution in [0.5, 0.6) is 0 Å². The van der Waals surface area contributed by atoms with Gasteiger partial charge in [0.05, 0.1) is 19.1 Å². The van der Waals surface area contributed by atoms with Crippen molar-refractivity contribution >= 4 is 5.91 Å². The van der Waals surface area contributed by atoms with E-state index in [4.69, 9.17) is 9.47 Å². The maximum atomic E-state index is 12.8. The van der Waals surface area contributed by atoms with Crippen molar-refractivity contribution in [3.63, 3.8) is 0 Å². The van der Waals surface area contributed by atoms with Crippen LogP contribution in [0.15, 0.2) is 30.3 Å². The lowest BCUT2D eigenvalue weighted by molar-refractivity contribution is -0.134. The van der Waals surface area contributed by atoms with Crippen LogP contribution in [0.3, 0.4) is 0 Å². The first-order valence-electron chi connectivity index (χ1n) is 9.21. The highest BCUT2D eigenvalue weighted by molar-refractivity contribution is 5.82. The van der Waals surface area contributed by atoms with Gasteiger partial charge in [-0.3, -0.25) is 9.69 Å². The Morgan fingerprint density at radius 2 is 1.84 bits per heavy atom. The summed E-state index contributed by atoms with van der Waals surface area (Å²) in [5, 5.41) is 0. The largest absolute Gasteiger partial charge is 0.384 e. The summed E-state index contributed by atoms with van der Waals surface area (Å²) >= 11 is 0. The van der Waals surface area contributed by atoms with Gasteiger partial charge in [-0.15, -0.1) is 0 Å². The molecule has 1 unspecified atom stereocenters. The molecule has 0 saturated carbocycles. The molecule has 1 atom stereocenters. The second kappa shape index (κ2) is 8.30. The van der Waals surface area contributed by atoms with E-state index in [1.165, 1.54) is 5.56 Å². The molecule has 25 heavy (non-hydrogen) atoms. The number of methoxy groups -OCH3 is 2. The first kappa shape index (κ1) is 18.4. The highest BCUT2D eigenvalue weighted by atomic mass is 16.5. The van der Waals surface area contributed by atoms with Gasteiger partial charge in [-0.05, 0) is 31.5 Å². The normalized spacial score (nSPS) is 23.5. The Balaban J connectivity index is 1.63. The van der Waals surface area contributed by atoms with Crippen molar-refractivity contribution in [1.82, 2.24) is 9.80 Å². The van der Waals surface area contributed by atoms with Crippen molar-refractivity contribution < 1.29 is 14.3 Å². The fraction of sp³-hybridized carbons (Fsp3) is 0.650. The van der Waals surface area contributed by atoms with Gasteiger partial charge < -0.3 is 14.4 Å². The third-order valence-corrected chi connectivity index (χ3v) is 5.85. The van der Waals surface area contributed by atoms with Gasteiger partial charge in [0.25, 0.3) is 0 Å². The monoisotopic (exact) mass is 346 g/mol. The number of rotatable bonds is 7. The molecule has 0 bridgehead atoms. The zero-order valence-electron chi connectivity index (χ0n) is 15.4. The predicted molar refractivity (Wildman–Crippen MR) is 97.2 cm³/mol. The molecule has 5 heteroatoms. The Hall–Kier alpha value is -1.43. The minimum atomic E-state index is -0.00627. The average Bonchev–Trinajstić information content (AvgIpc) is 2.89. The van der Waals surface area contributed by atoms with E-state index in [0.29, 0.717) is 19.8 Å². The number of ether oxygens (including phenoxy) is 2. The van der Waals surface area contributed by atoms with Crippen molar-refractivity contribution in [2.45, 2.75) is 19.4 Å². The zero-order valence-corrected chi connectivity index (χ0v) is 15.4. The molecule has 0 radical (unpaired) electrons. The smallest absolute Gasteiger partial charge is 0.228 e. The summed E-state index contributed by atoms with van der Waals surface area (Å²) in [6.45, 7) is 5.74. The second-order valence-corrected chi connectivity index (χ2v) is 7.38. The number of benzene rings is 1. The summed E-state index contributed by atoms with van der Waals surface area (Å²) in [5.74, 6) is 0.239. The molecule has 2 saturated heterocycles. The van der Waals surface area contributed by atoms with Crippen LogP contribution in [-0.2, 0) is 20.8 Å². The lowest BCUT2D eigenvalue weighted by Gasteiger charge is -2.41. The molecule has 1 spiro atoms. The summed E-state index contributed by atoms with van der Waals surface area (Å²) in [5.41, 5.74) is 1.42. The molecule has 138 valence electrons. The number of carbonyl (C=O) groups excluding carboxylic acids is 1. The molecule has 2 fully saturated rings. The van der Waals surface area contributed by atoms with Crippen LogP contribution in [-0.4, -0.2) is 69.3 Å². The van der Waals surface area contributed by atoms with Crippen molar-refractivity contribution in [1.29, 1.82) is 0 Å². The molecule has 1 aromatic rings. The predicted octanol–water partition coefficient (Wildman–Crippen LogP) is 2.02. The van der Waals surface area contributed by atoms with Crippen molar-refractivity contribution in [3.05, 3.63) is 35.9 Å². The fourth-order valence-electron chi connectivity index (χ4n) is 4.36. The third kappa shape index (κ3) is 4.05. The van der Waals surface area contributed by atoms with Gasteiger partial charge in [0.2, 0.25) is 5.91 Å². The molecule has 5 nitrogen and oxygen atoms in total. The number of piperidine rings is 1. The number of hydrogen-bond acceptors (Lipinski definition) is 4. The molecule has 2 aliphatic heterocycles. The SMILES string of the molecule is COCCN1CC2(CCN(Cc3ccccc3)CC2)C(COC)C1=O. The van der Waals surface area contributed by atoms with Gasteiger partial charge >= 0.3 is 0 Å². The Bertz CT molecular complexity index is 555. The van der Waals surface area contributed by atoms with Gasteiger partial charge in [-0.25, -0.2) is 0 Å². The van der Waals surface area contributed by atoms with Gasteiger partial charge in [0.15, 0.2) is 0 Å². The molecule has 0 aliphatic carbocycles. The van der Waals surface area contributed by atoms with E-state index in [0.717, 1.165) is 39.0 Å². The highest BCUT2D eigenvalue weighted by Gasteiger charge is 2.52. The lowest BCUT2D eigenvalue weighted by Crippen LogP contribution is -2.45. The van der Waals surface area contributed by atoms with Crippen molar-refractivity contribution in [2.24, 2.45) is 11.3 Å². The van der Waals surface area contributed by atoms with Crippen LogP contribution < -0.4 is 0 Å². The molecule has 1 amide bonds. The number of nitrogens with zero attached hydrogens (tertiary/aromatic N) is 2. The topological polar surface area (TPSA) is 42.0 Å². The first-order chi connectivity index (χ1) is 12.2. The second-order valence-electron chi connectivity index (χ2n) is 7.38. The Morgan fingerprint density at radius 1 is 1.12 bits per heavy atom. The van der Waals surface area contributed by atoms with Crippen LogP contribution >= 0.6 is 0 Å². The number of carbonyl (C=O) groups is 1. The van der Waals surface area contributed by atoms with E-state index in [2.05, 4.69) is 35.2 Å². The van der Waals surface area contributed by atoms with Crippen molar-refractivity contribution in [3.8, 4) is 0 Å². The Morgan fingerprint density at radius 3 is 2.48 bits per heavy atom. The van der Waals surface area contributed by atoms with Crippen LogP contribution in [0, 0.1) is 11.3 Å². The number of hydrogen-bond donors (Lipinski definition) is 0. The molecule has 0 N–H and O–H groups in total. The Kier molecular flexibility index (Phi) is 6.10. The maximum absolute atomic E-state index is 12.8. The van der Waals surface area contributed by atoms with E-state index < -0.39 is 0 Å². The van der Waals surface area contributed by atoms with Gasteiger partial charge in [0, 0.05) is 39.3 Å². The molecule has 2 heterocycles. The van der Waals surface area contributed by atoms with E-state index >= 15 is 0 Å². The maximum Gasteiger partial charge on any atom is 0.228 e. The molecule has 2 aliphatic rings. The molecular weight excluding hydrogens is 316 g/mol. The van der Waals surface area contributed by atoms with Gasteiger partial charge in [0.1, 0.15) is 0 Å². The summed E-state index contributed by atoms with van der Waals surface area (Å²) in [4.78, 5) is 17.3. The Labute approximate surface area is 150 Å². The van der Waals surface area contributed by atoms with Crippen LogP contribution in [0.2, 0.25) is 0 Å². The summed E-state index contributed by atoms with van der Waals surface area (Å²) < 4.78 is 10.6. The van der Waals surface area contributed by atoms with Gasteiger partial charge in [-0.1, -0.05) is 30.3 Å². The van der Waals surface area contributed by atoms with Crippen LogP contribution in [0.25, 0.3) is 0 Å². The van der Waals surface area contributed by atoms with E-state index in [-0.39, 0.29) is 17.2 Å². The zero-order chi connectivity index (χ0) is 17.7. The van der Waals surface area contributed by atoms with Crippen LogP contribution in [0.1, 0.15) is 18.4 Å². The van der Waals surface area contributed by atoms with E-state index in [9.17, 15) is 4.79 Å². The summed E-state index contributed by atoms with van der Waals surface area (Å²) in [7, 11) is 3.38. The lowest BCUT2D eigenvalue weighted by atomic mass is 9.71. The van der Waals surface area contributed by atoms with E-state index in [1.54, 1.807) is 14.2 Å². The fourth-order valence-corrected chi connectivity index (χ4v) is 4.36. The summed E-state index contributed by atoms with van der Waals surface area (Å²) in [6.07, 6.45) is 2.12. The van der Waals surface area contributed by atoms with Crippen molar-refractivity contribution in [2.75, 3.05) is 53.6 Å². The third-order valence-electron chi connectivity index (χ3n) is 5.85. The van der Waals surface area contributed by atoms with Gasteiger partial charge in [-0.2, -0.15) is 0 Å². The summed E-state index contributed by atoms with van der Waals surface area (Å²) in [6, 6.07) is 10.6. The quantitative estimate of drug-likeness (QED) is 0.757. The molecule has 1 aromatic carbocycles.